The molecule has 2 heterocycles. The number of amides is 1. The van der Waals surface area contributed by atoms with Gasteiger partial charge in [-0.2, -0.15) is 0 Å². The molecule has 86 heavy (non-hydrogen) atoms. The van der Waals surface area contributed by atoms with Gasteiger partial charge in [0.05, 0.1) is 32.0 Å². The van der Waals surface area contributed by atoms with E-state index in [2.05, 4.69) is 67.8 Å². The number of rotatable bonds is 59. The number of aliphatic hydroxyl groups is 8. The second-order valence-corrected chi connectivity index (χ2v) is 25.3. The maximum absolute atomic E-state index is 13.3. The van der Waals surface area contributed by atoms with Gasteiger partial charge in [0, 0.05) is 6.42 Å². The average Bonchev–Trinajstić information content (AvgIpc) is 2.46. The van der Waals surface area contributed by atoms with E-state index in [0.717, 1.165) is 89.9 Å². The van der Waals surface area contributed by atoms with Crippen molar-refractivity contribution in [1.82, 2.24) is 5.32 Å². The Balaban J connectivity index is 1.63. The summed E-state index contributed by atoms with van der Waals surface area (Å²) in [4.78, 5) is 13.3. The molecule has 0 aliphatic carbocycles. The van der Waals surface area contributed by atoms with Gasteiger partial charge in [-0.25, -0.2) is 0 Å². The first-order chi connectivity index (χ1) is 42.1. The van der Waals surface area contributed by atoms with Crippen LogP contribution in [0.25, 0.3) is 0 Å². The van der Waals surface area contributed by atoms with Crippen molar-refractivity contribution in [3.05, 3.63) is 48.6 Å². The van der Waals surface area contributed by atoms with E-state index in [1.165, 1.54) is 186 Å². The van der Waals surface area contributed by atoms with Gasteiger partial charge in [-0.3, -0.25) is 4.79 Å². The van der Waals surface area contributed by atoms with Crippen LogP contribution in [0.3, 0.4) is 0 Å². The van der Waals surface area contributed by atoms with E-state index in [9.17, 15) is 45.6 Å². The number of carbonyl (C=O) groups is 1. The third kappa shape index (κ3) is 40.6. The first kappa shape index (κ1) is 80.0. The summed E-state index contributed by atoms with van der Waals surface area (Å²) in [5, 5.41) is 87.6. The molecule has 0 spiro atoms. The largest absolute Gasteiger partial charge is 0.394 e. The highest BCUT2D eigenvalue weighted by Crippen LogP contribution is 2.30. The molecule has 14 heteroatoms. The smallest absolute Gasteiger partial charge is 0.220 e. The zero-order chi connectivity index (χ0) is 62.3. The number of carbonyl (C=O) groups excluding carboxylic acids is 1. The Morgan fingerprint density at radius 1 is 0.430 bits per heavy atom. The summed E-state index contributed by atoms with van der Waals surface area (Å²) in [6, 6.07) is -0.840. The third-order valence-corrected chi connectivity index (χ3v) is 17.6. The lowest BCUT2D eigenvalue weighted by atomic mass is 9.97. The van der Waals surface area contributed by atoms with Crippen molar-refractivity contribution in [2.45, 2.75) is 383 Å². The summed E-state index contributed by atoms with van der Waals surface area (Å²) < 4.78 is 22.9. The fraction of sp³-hybridized carbons (Fsp3) is 0.875. The molecule has 2 rings (SSSR count). The molecular formula is C72H133NO13. The number of hydrogen-bond acceptors (Lipinski definition) is 13. The van der Waals surface area contributed by atoms with Crippen molar-refractivity contribution in [2.75, 3.05) is 19.8 Å². The minimum atomic E-state index is -1.79. The average molecular weight is 1220 g/mol. The summed E-state index contributed by atoms with van der Waals surface area (Å²) in [6.45, 7) is 2.78. The van der Waals surface area contributed by atoms with Crippen molar-refractivity contribution >= 4 is 5.91 Å². The Kier molecular flexibility index (Phi) is 53.0. The fourth-order valence-corrected chi connectivity index (χ4v) is 11.9. The van der Waals surface area contributed by atoms with E-state index >= 15 is 0 Å². The number of allylic oxidation sites excluding steroid dienone is 8. The summed E-state index contributed by atoms with van der Waals surface area (Å²) in [5.41, 5.74) is 0. The molecule has 504 valence electrons. The number of hydrogen-bond donors (Lipinski definition) is 9. The van der Waals surface area contributed by atoms with Crippen molar-refractivity contribution in [3.8, 4) is 0 Å². The Labute approximate surface area is 524 Å². The van der Waals surface area contributed by atoms with Crippen LogP contribution >= 0.6 is 0 Å². The van der Waals surface area contributed by atoms with E-state index in [0.29, 0.717) is 12.8 Å². The highest BCUT2D eigenvalue weighted by molar-refractivity contribution is 5.76. The number of aliphatic hydroxyl groups excluding tert-OH is 8. The molecular weight excluding hydrogens is 1090 g/mol. The topological polar surface area (TPSA) is 228 Å². The van der Waals surface area contributed by atoms with E-state index in [4.69, 9.17) is 18.9 Å². The van der Waals surface area contributed by atoms with Crippen LogP contribution in [0.15, 0.2) is 48.6 Å². The minimum absolute atomic E-state index is 0.218. The second-order valence-electron chi connectivity index (χ2n) is 25.3. The van der Waals surface area contributed by atoms with Gasteiger partial charge in [-0.1, -0.05) is 300 Å². The van der Waals surface area contributed by atoms with E-state index in [1.807, 2.05) is 0 Å². The fourth-order valence-electron chi connectivity index (χ4n) is 11.9. The maximum Gasteiger partial charge on any atom is 0.220 e. The van der Waals surface area contributed by atoms with Crippen molar-refractivity contribution in [1.29, 1.82) is 0 Å². The number of unbranched alkanes of at least 4 members (excludes halogenated alkanes) is 38. The Morgan fingerprint density at radius 2 is 0.802 bits per heavy atom. The predicted molar refractivity (Wildman–Crippen MR) is 351 cm³/mol. The summed E-state index contributed by atoms with van der Waals surface area (Å²) in [7, 11) is 0. The van der Waals surface area contributed by atoms with Crippen LogP contribution < -0.4 is 5.32 Å². The lowest BCUT2D eigenvalue weighted by Gasteiger charge is -2.46. The molecule has 12 atom stereocenters. The molecule has 1 amide bonds. The number of ether oxygens (including phenoxy) is 4. The molecule has 14 nitrogen and oxygen atoms in total. The van der Waals surface area contributed by atoms with Crippen molar-refractivity contribution < 1.29 is 64.6 Å². The normalized spacial score (nSPS) is 23.7. The van der Waals surface area contributed by atoms with Gasteiger partial charge in [-0.05, 0) is 51.4 Å². The summed E-state index contributed by atoms with van der Waals surface area (Å²) in [6.07, 6.45) is 57.1. The van der Waals surface area contributed by atoms with Crippen LogP contribution in [-0.2, 0) is 23.7 Å². The van der Waals surface area contributed by atoms with Gasteiger partial charge in [0.2, 0.25) is 5.91 Å². The van der Waals surface area contributed by atoms with E-state index < -0.39 is 86.8 Å². The third-order valence-electron chi connectivity index (χ3n) is 17.6. The Morgan fingerprint density at radius 3 is 1.23 bits per heavy atom. The van der Waals surface area contributed by atoms with Gasteiger partial charge in [0.25, 0.3) is 0 Å². The van der Waals surface area contributed by atoms with Crippen molar-refractivity contribution in [3.63, 3.8) is 0 Å². The second kappa shape index (κ2) is 56.9. The lowest BCUT2D eigenvalue weighted by Crippen LogP contribution is -2.65. The summed E-state index contributed by atoms with van der Waals surface area (Å²) in [5.74, 6) is -0.218. The summed E-state index contributed by atoms with van der Waals surface area (Å²) >= 11 is 0. The molecule has 2 aliphatic rings. The first-order valence-corrected chi connectivity index (χ1v) is 35.9. The molecule has 0 aromatic heterocycles. The van der Waals surface area contributed by atoms with Gasteiger partial charge in [0.1, 0.15) is 48.8 Å². The SMILES string of the molecule is CC/C=C\C/C=C\C/C=C\C/C=C\CCCCCCCCC(=O)NC(COC1OC(CO)C(OC2OC(CO)C(O)C(O)C2O)C(O)C1O)C(O)CCCCCCCCCCCCCCCCCCCCCCCCCCCCCCCCCCC. The molecule has 2 fully saturated rings. The lowest BCUT2D eigenvalue weighted by molar-refractivity contribution is -0.359. The molecule has 12 unspecified atom stereocenters. The van der Waals surface area contributed by atoms with Crippen LogP contribution in [0.4, 0.5) is 0 Å². The van der Waals surface area contributed by atoms with E-state index in [1.54, 1.807) is 0 Å². The molecule has 0 bridgehead atoms. The molecule has 2 saturated heterocycles. The quantitative estimate of drug-likeness (QED) is 0.0204. The first-order valence-electron chi connectivity index (χ1n) is 35.9. The van der Waals surface area contributed by atoms with Crippen LogP contribution in [0.1, 0.15) is 309 Å². The van der Waals surface area contributed by atoms with Gasteiger partial charge in [0.15, 0.2) is 12.6 Å². The van der Waals surface area contributed by atoms with Crippen LogP contribution in [0.5, 0.6) is 0 Å². The van der Waals surface area contributed by atoms with E-state index in [-0.39, 0.29) is 18.9 Å². The standard InChI is InChI=1S/C72H133NO13/c1-3-5-7-9-11-13-15-17-19-21-23-24-25-26-27-28-29-30-31-32-33-34-35-36-38-39-41-43-45-47-49-51-53-55-61(76)60(73-64(77)56-54-52-50-48-46-44-42-40-37-22-20-18-16-14-12-10-8-6-4-2)59-83-71-69(82)67(80)70(63(58-75)85-71)86-72-68(81)66(79)65(78)62(57-74)84-72/h6,8,12,14,18,20,37,40,60-63,65-72,74-76,78-82H,3-5,7,9-11,13,15-17,19,21-36,38-39,41-59H2,1-2H3,(H,73,77)/b8-6-,14-12-,20-18-,40-37-. The van der Waals surface area contributed by atoms with Crippen molar-refractivity contribution in [2.24, 2.45) is 0 Å². The predicted octanol–water partition coefficient (Wildman–Crippen LogP) is 14.7. The van der Waals surface area contributed by atoms with Crippen LogP contribution in [0.2, 0.25) is 0 Å². The molecule has 9 N–H and O–H groups in total. The van der Waals surface area contributed by atoms with Gasteiger partial charge < -0.3 is 65.1 Å². The highest BCUT2D eigenvalue weighted by atomic mass is 16.7. The van der Waals surface area contributed by atoms with Crippen LogP contribution in [0, 0.1) is 0 Å². The van der Waals surface area contributed by atoms with Crippen LogP contribution in [-0.4, -0.2) is 140 Å². The minimum Gasteiger partial charge on any atom is -0.394 e. The molecule has 2 aliphatic heterocycles. The molecule has 0 aromatic rings. The number of nitrogens with one attached hydrogen (secondary N) is 1. The van der Waals surface area contributed by atoms with Gasteiger partial charge >= 0.3 is 0 Å². The monoisotopic (exact) mass is 1220 g/mol. The zero-order valence-electron chi connectivity index (χ0n) is 54.8. The zero-order valence-corrected chi connectivity index (χ0v) is 54.8. The highest BCUT2D eigenvalue weighted by Gasteiger charge is 2.51. The Hall–Kier alpha value is -2.05. The molecule has 0 aromatic carbocycles. The maximum atomic E-state index is 13.3. The van der Waals surface area contributed by atoms with Gasteiger partial charge in [-0.15, -0.1) is 0 Å². The Bertz CT molecular complexity index is 1630. The molecule has 0 radical (unpaired) electrons. The molecule has 0 saturated carbocycles.